The minimum Gasteiger partial charge on any atom is -0.497 e. The van der Waals surface area contributed by atoms with Crippen LogP contribution in [0, 0.1) is 0 Å². The van der Waals surface area contributed by atoms with E-state index in [0.717, 1.165) is 29.0 Å². The van der Waals surface area contributed by atoms with Crippen LogP contribution in [0.5, 0.6) is 5.75 Å². The van der Waals surface area contributed by atoms with Crippen LogP contribution in [0.3, 0.4) is 0 Å². The molecule has 0 bridgehead atoms. The van der Waals surface area contributed by atoms with Gasteiger partial charge >= 0.3 is 0 Å². The monoisotopic (exact) mass is 557 g/mol. The summed E-state index contributed by atoms with van der Waals surface area (Å²) in [6.45, 7) is 3.87. The van der Waals surface area contributed by atoms with Crippen molar-refractivity contribution in [3.63, 3.8) is 0 Å². The number of unbranched alkanes of at least 4 members (excludes halogenated alkanes) is 1. The summed E-state index contributed by atoms with van der Waals surface area (Å²) >= 11 is 12.4. The van der Waals surface area contributed by atoms with Crippen LogP contribution in [0.1, 0.15) is 38.7 Å². The lowest BCUT2D eigenvalue weighted by molar-refractivity contribution is -0.140. The summed E-state index contributed by atoms with van der Waals surface area (Å²) in [5.41, 5.74) is 0.848. The molecule has 0 saturated carbocycles. The standard InChI is InChI=1S/C25H33Cl2N3O5S/c1-5-7-15-28-25(32)21(6-2)29(16-18-11-13-19(35-3)14-12-18)23(31)17-30(36(4,33)34)22-10-8-9-20(26)24(22)27/h8-14,21H,5-7,15-17H2,1-4H3,(H,28,32)/t21-/m1/s1. The predicted molar refractivity (Wildman–Crippen MR) is 144 cm³/mol. The molecule has 0 aliphatic carbocycles. The first kappa shape index (κ1) is 29.7. The van der Waals surface area contributed by atoms with Gasteiger partial charge in [-0.05, 0) is 42.7 Å². The molecule has 1 N–H and O–H groups in total. The molecule has 198 valence electrons. The van der Waals surface area contributed by atoms with Crippen molar-refractivity contribution < 1.29 is 22.7 Å². The largest absolute Gasteiger partial charge is 0.497 e. The van der Waals surface area contributed by atoms with Crippen molar-refractivity contribution in [2.24, 2.45) is 0 Å². The number of amides is 2. The Morgan fingerprint density at radius 1 is 1.08 bits per heavy atom. The maximum absolute atomic E-state index is 13.7. The Kier molecular flexibility index (Phi) is 11.3. The highest BCUT2D eigenvalue weighted by molar-refractivity contribution is 7.92. The average Bonchev–Trinajstić information content (AvgIpc) is 2.84. The van der Waals surface area contributed by atoms with Gasteiger partial charge in [0.1, 0.15) is 18.3 Å². The summed E-state index contributed by atoms with van der Waals surface area (Å²) < 4.78 is 31.5. The number of nitrogens with one attached hydrogen (secondary N) is 1. The zero-order valence-corrected chi connectivity index (χ0v) is 23.3. The molecule has 0 unspecified atom stereocenters. The smallest absolute Gasteiger partial charge is 0.244 e. The Balaban J connectivity index is 2.44. The molecular weight excluding hydrogens is 525 g/mol. The van der Waals surface area contributed by atoms with E-state index in [-0.39, 0.29) is 28.2 Å². The predicted octanol–water partition coefficient (Wildman–Crippen LogP) is 4.49. The summed E-state index contributed by atoms with van der Waals surface area (Å²) in [5, 5.41) is 3.06. The summed E-state index contributed by atoms with van der Waals surface area (Å²) in [6, 6.07) is 10.9. The van der Waals surface area contributed by atoms with E-state index in [1.807, 2.05) is 6.92 Å². The van der Waals surface area contributed by atoms with E-state index in [0.29, 0.717) is 18.7 Å². The molecular formula is C25H33Cl2N3O5S. The molecule has 0 spiro atoms. The SMILES string of the molecule is CCCCNC(=O)[C@@H](CC)N(Cc1ccc(OC)cc1)C(=O)CN(c1cccc(Cl)c1Cl)S(C)(=O)=O. The highest BCUT2D eigenvalue weighted by Crippen LogP contribution is 2.33. The fourth-order valence-electron chi connectivity index (χ4n) is 3.63. The summed E-state index contributed by atoms with van der Waals surface area (Å²) in [6.07, 6.45) is 3.05. The van der Waals surface area contributed by atoms with Crippen LogP contribution in [0.15, 0.2) is 42.5 Å². The topological polar surface area (TPSA) is 96.0 Å². The van der Waals surface area contributed by atoms with Crippen LogP contribution in [-0.4, -0.2) is 57.6 Å². The van der Waals surface area contributed by atoms with E-state index >= 15 is 0 Å². The van der Waals surface area contributed by atoms with E-state index in [1.165, 1.54) is 17.0 Å². The molecule has 2 rings (SSSR count). The lowest BCUT2D eigenvalue weighted by atomic mass is 10.1. The quantitative estimate of drug-likeness (QED) is 0.366. The highest BCUT2D eigenvalue weighted by atomic mass is 35.5. The van der Waals surface area contributed by atoms with E-state index in [9.17, 15) is 18.0 Å². The molecule has 2 amide bonds. The number of benzene rings is 2. The van der Waals surface area contributed by atoms with Gasteiger partial charge in [0.2, 0.25) is 21.8 Å². The van der Waals surface area contributed by atoms with Crippen molar-refractivity contribution in [2.45, 2.75) is 45.7 Å². The van der Waals surface area contributed by atoms with Crippen molar-refractivity contribution in [3.05, 3.63) is 58.1 Å². The van der Waals surface area contributed by atoms with E-state index in [1.54, 1.807) is 44.4 Å². The van der Waals surface area contributed by atoms with Gasteiger partial charge in [0, 0.05) is 13.1 Å². The number of sulfonamides is 1. The number of hydrogen-bond donors (Lipinski definition) is 1. The van der Waals surface area contributed by atoms with Gasteiger partial charge in [-0.3, -0.25) is 13.9 Å². The Labute approximate surface area is 223 Å². The van der Waals surface area contributed by atoms with Crippen molar-refractivity contribution in [1.82, 2.24) is 10.2 Å². The molecule has 0 aliphatic rings. The fraction of sp³-hybridized carbons (Fsp3) is 0.440. The molecule has 1 atom stereocenters. The molecule has 2 aromatic rings. The Morgan fingerprint density at radius 3 is 2.31 bits per heavy atom. The molecule has 36 heavy (non-hydrogen) atoms. The Morgan fingerprint density at radius 2 is 1.75 bits per heavy atom. The molecule has 2 aromatic carbocycles. The normalized spacial score (nSPS) is 12.1. The lowest BCUT2D eigenvalue weighted by Crippen LogP contribution is -2.52. The highest BCUT2D eigenvalue weighted by Gasteiger charge is 2.32. The van der Waals surface area contributed by atoms with E-state index in [2.05, 4.69) is 5.32 Å². The molecule has 0 aromatic heterocycles. The third-order valence-corrected chi connectivity index (χ3v) is 7.54. The lowest BCUT2D eigenvalue weighted by Gasteiger charge is -2.33. The maximum atomic E-state index is 13.7. The number of halogens is 2. The number of hydrogen-bond acceptors (Lipinski definition) is 5. The van der Waals surface area contributed by atoms with Crippen LogP contribution in [0.2, 0.25) is 10.0 Å². The molecule has 0 saturated heterocycles. The van der Waals surface area contributed by atoms with Gasteiger partial charge in [0.05, 0.1) is 29.1 Å². The molecule has 0 fully saturated rings. The fourth-order valence-corrected chi connectivity index (χ4v) is 4.94. The summed E-state index contributed by atoms with van der Waals surface area (Å²) in [7, 11) is -2.36. The first-order chi connectivity index (χ1) is 17.0. The van der Waals surface area contributed by atoms with Crippen LogP contribution in [0.25, 0.3) is 0 Å². The number of carbonyl (C=O) groups excluding carboxylic acids is 2. The van der Waals surface area contributed by atoms with Gasteiger partial charge in [-0.15, -0.1) is 0 Å². The zero-order chi connectivity index (χ0) is 26.9. The molecule has 0 radical (unpaired) electrons. The zero-order valence-electron chi connectivity index (χ0n) is 21.0. The van der Waals surface area contributed by atoms with Gasteiger partial charge in [-0.25, -0.2) is 8.42 Å². The van der Waals surface area contributed by atoms with Crippen LogP contribution in [-0.2, 0) is 26.2 Å². The van der Waals surface area contributed by atoms with Gasteiger partial charge in [-0.1, -0.05) is 61.7 Å². The van der Waals surface area contributed by atoms with Gasteiger partial charge in [0.25, 0.3) is 0 Å². The second kappa shape index (κ2) is 13.7. The van der Waals surface area contributed by atoms with Crippen molar-refractivity contribution in [2.75, 3.05) is 30.8 Å². The molecule has 0 aliphatic heterocycles. The third kappa shape index (κ3) is 8.01. The van der Waals surface area contributed by atoms with Gasteiger partial charge in [-0.2, -0.15) is 0 Å². The number of rotatable bonds is 13. The van der Waals surface area contributed by atoms with E-state index < -0.39 is 28.5 Å². The maximum Gasteiger partial charge on any atom is 0.244 e. The van der Waals surface area contributed by atoms with Crippen molar-refractivity contribution in [3.8, 4) is 5.75 Å². The molecule has 0 heterocycles. The number of nitrogens with zero attached hydrogens (tertiary/aromatic N) is 2. The van der Waals surface area contributed by atoms with Gasteiger partial charge in [0.15, 0.2) is 0 Å². The summed E-state index contributed by atoms with van der Waals surface area (Å²) in [4.78, 5) is 28.1. The minimum absolute atomic E-state index is 0.0171. The first-order valence-electron chi connectivity index (χ1n) is 11.6. The molecule has 11 heteroatoms. The van der Waals surface area contributed by atoms with Crippen LogP contribution >= 0.6 is 23.2 Å². The van der Waals surface area contributed by atoms with Crippen molar-refractivity contribution in [1.29, 1.82) is 0 Å². The second-order valence-corrected chi connectivity index (χ2v) is 11.0. The van der Waals surface area contributed by atoms with Crippen LogP contribution < -0.4 is 14.4 Å². The number of methoxy groups -OCH3 is 1. The second-order valence-electron chi connectivity index (χ2n) is 8.28. The first-order valence-corrected chi connectivity index (χ1v) is 14.3. The summed E-state index contributed by atoms with van der Waals surface area (Å²) in [5.74, 6) is -0.191. The van der Waals surface area contributed by atoms with Gasteiger partial charge < -0.3 is 15.0 Å². The average molecular weight is 559 g/mol. The van der Waals surface area contributed by atoms with Crippen molar-refractivity contribution >= 4 is 50.7 Å². The number of carbonyl (C=O) groups is 2. The number of ether oxygens (including phenoxy) is 1. The minimum atomic E-state index is -3.91. The number of anilines is 1. The van der Waals surface area contributed by atoms with Crippen LogP contribution in [0.4, 0.5) is 5.69 Å². The van der Waals surface area contributed by atoms with E-state index in [4.69, 9.17) is 27.9 Å². The Hall–Kier alpha value is -2.49. The molecule has 8 nitrogen and oxygen atoms in total. The Bertz CT molecular complexity index is 1140. The third-order valence-electron chi connectivity index (χ3n) is 5.61.